The zero-order valence-corrected chi connectivity index (χ0v) is 8.99. The molecule has 2 rings (SSSR count). The van der Waals surface area contributed by atoms with Crippen LogP contribution in [-0.4, -0.2) is 6.10 Å². The molecule has 1 aromatic rings. The molecule has 1 heteroatoms. The minimum atomic E-state index is 0.553. The first-order valence-electron chi connectivity index (χ1n) is 5.46. The molecule has 0 heterocycles. The fourth-order valence-corrected chi connectivity index (χ4v) is 1.49. The molecule has 0 spiro atoms. The molecule has 0 aromatic heterocycles. The summed E-state index contributed by atoms with van der Waals surface area (Å²) >= 11 is 0. The monoisotopic (exact) mass is 190 g/mol. The van der Waals surface area contributed by atoms with Gasteiger partial charge < -0.3 is 4.74 Å². The second-order valence-electron chi connectivity index (χ2n) is 4.41. The van der Waals surface area contributed by atoms with Crippen molar-refractivity contribution in [3.8, 4) is 0 Å². The maximum absolute atomic E-state index is 5.67. The molecule has 0 aliphatic heterocycles. The third-order valence-corrected chi connectivity index (χ3v) is 2.63. The molecule has 0 bridgehead atoms. The van der Waals surface area contributed by atoms with Gasteiger partial charge >= 0.3 is 0 Å². The normalized spacial score (nSPS) is 16.2. The standard InChI is InChI=1S/C13H18O/c1-10(2)12-5-3-4-11(8-12)9-14-13-6-7-13/h3-5,8,10,13H,6-7,9H2,1-2H3. The van der Waals surface area contributed by atoms with Gasteiger partial charge in [0.1, 0.15) is 0 Å². The van der Waals surface area contributed by atoms with Crippen LogP contribution >= 0.6 is 0 Å². The van der Waals surface area contributed by atoms with Crippen molar-refractivity contribution in [2.75, 3.05) is 0 Å². The van der Waals surface area contributed by atoms with E-state index in [1.807, 2.05) is 0 Å². The molecule has 1 saturated carbocycles. The number of ether oxygens (including phenoxy) is 1. The minimum Gasteiger partial charge on any atom is -0.374 e. The van der Waals surface area contributed by atoms with Crippen molar-refractivity contribution in [2.24, 2.45) is 0 Å². The van der Waals surface area contributed by atoms with E-state index in [0.29, 0.717) is 12.0 Å². The Bertz CT molecular complexity index is 300. The molecule has 1 aromatic carbocycles. The first kappa shape index (κ1) is 9.72. The van der Waals surface area contributed by atoms with Gasteiger partial charge in [0, 0.05) is 0 Å². The maximum Gasteiger partial charge on any atom is 0.0720 e. The maximum atomic E-state index is 5.67. The molecule has 0 unspecified atom stereocenters. The zero-order chi connectivity index (χ0) is 9.97. The molecule has 0 radical (unpaired) electrons. The van der Waals surface area contributed by atoms with Crippen molar-refractivity contribution in [3.05, 3.63) is 35.4 Å². The van der Waals surface area contributed by atoms with Gasteiger partial charge in [0.25, 0.3) is 0 Å². The van der Waals surface area contributed by atoms with Crippen LogP contribution in [0.25, 0.3) is 0 Å². The van der Waals surface area contributed by atoms with Gasteiger partial charge in [0.15, 0.2) is 0 Å². The lowest BCUT2D eigenvalue weighted by molar-refractivity contribution is 0.106. The Kier molecular flexibility index (Phi) is 2.87. The number of benzene rings is 1. The smallest absolute Gasteiger partial charge is 0.0720 e. The highest BCUT2D eigenvalue weighted by Crippen LogP contribution is 2.25. The van der Waals surface area contributed by atoms with Gasteiger partial charge in [-0.05, 0) is 29.9 Å². The van der Waals surface area contributed by atoms with Gasteiger partial charge in [0.2, 0.25) is 0 Å². The lowest BCUT2D eigenvalue weighted by Crippen LogP contribution is -1.96. The molecule has 14 heavy (non-hydrogen) atoms. The minimum absolute atomic E-state index is 0.553. The molecule has 1 aliphatic rings. The van der Waals surface area contributed by atoms with Crippen LogP contribution in [0.5, 0.6) is 0 Å². The van der Waals surface area contributed by atoms with Gasteiger partial charge in [-0.25, -0.2) is 0 Å². The van der Waals surface area contributed by atoms with Crippen LogP contribution in [0.2, 0.25) is 0 Å². The van der Waals surface area contributed by atoms with Crippen molar-refractivity contribution in [2.45, 2.75) is 45.3 Å². The fraction of sp³-hybridized carbons (Fsp3) is 0.538. The van der Waals surface area contributed by atoms with Crippen LogP contribution in [0.3, 0.4) is 0 Å². The van der Waals surface area contributed by atoms with Gasteiger partial charge in [0.05, 0.1) is 12.7 Å². The number of rotatable bonds is 4. The van der Waals surface area contributed by atoms with E-state index < -0.39 is 0 Å². The van der Waals surface area contributed by atoms with E-state index in [9.17, 15) is 0 Å². The summed E-state index contributed by atoms with van der Waals surface area (Å²) in [5.74, 6) is 0.607. The Morgan fingerprint density at radius 2 is 2.14 bits per heavy atom. The molecule has 0 saturated heterocycles. The van der Waals surface area contributed by atoms with Gasteiger partial charge in [-0.1, -0.05) is 38.1 Å². The Labute approximate surface area is 86.1 Å². The summed E-state index contributed by atoms with van der Waals surface area (Å²) in [4.78, 5) is 0. The third kappa shape index (κ3) is 2.58. The second kappa shape index (κ2) is 4.14. The summed E-state index contributed by atoms with van der Waals surface area (Å²) < 4.78 is 5.67. The van der Waals surface area contributed by atoms with Crippen LogP contribution in [0.4, 0.5) is 0 Å². The zero-order valence-electron chi connectivity index (χ0n) is 8.99. The molecular weight excluding hydrogens is 172 g/mol. The van der Waals surface area contributed by atoms with Crippen molar-refractivity contribution in [1.82, 2.24) is 0 Å². The van der Waals surface area contributed by atoms with Crippen LogP contribution in [-0.2, 0) is 11.3 Å². The van der Waals surface area contributed by atoms with Crippen LogP contribution < -0.4 is 0 Å². The summed E-state index contributed by atoms with van der Waals surface area (Å²) in [6, 6.07) is 8.72. The van der Waals surface area contributed by atoms with Crippen molar-refractivity contribution < 1.29 is 4.74 Å². The first-order valence-corrected chi connectivity index (χ1v) is 5.46. The largest absolute Gasteiger partial charge is 0.374 e. The van der Waals surface area contributed by atoms with Crippen LogP contribution in [0.15, 0.2) is 24.3 Å². The van der Waals surface area contributed by atoms with E-state index in [1.54, 1.807) is 0 Å². The summed E-state index contributed by atoms with van der Waals surface area (Å²) in [5.41, 5.74) is 2.71. The molecule has 0 atom stereocenters. The first-order chi connectivity index (χ1) is 6.75. The van der Waals surface area contributed by atoms with Gasteiger partial charge in [-0.3, -0.25) is 0 Å². The molecule has 1 fully saturated rings. The molecule has 0 N–H and O–H groups in total. The Hall–Kier alpha value is -0.820. The highest BCUT2D eigenvalue weighted by molar-refractivity contribution is 5.25. The van der Waals surface area contributed by atoms with E-state index in [-0.39, 0.29) is 0 Å². The van der Waals surface area contributed by atoms with Crippen molar-refractivity contribution >= 4 is 0 Å². The fourth-order valence-electron chi connectivity index (χ4n) is 1.49. The third-order valence-electron chi connectivity index (χ3n) is 2.63. The van der Waals surface area contributed by atoms with E-state index in [0.717, 1.165) is 6.61 Å². The summed E-state index contributed by atoms with van der Waals surface area (Å²) in [6.45, 7) is 5.23. The lowest BCUT2D eigenvalue weighted by atomic mass is 10.0. The lowest BCUT2D eigenvalue weighted by Gasteiger charge is -2.08. The molecule has 1 nitrogen and oxygen atoms in total. The highest BCUT2D eigenvalue weighted by Gasteiger charge is 2.21. The Morgan fingerprint density at radius 3 is 2.79 bits per heavy atom. The quantitative estimate of drug-likeness (QED) is 0.706. The highest BCUT2D eigenvalue weighted by atomic mass is 16.5. The van der Waals surface area contributed by atoms with Gasteiger partial charge in [-0.2, -0.15) is 0 Å². The molecule has 1 aliphatic carbocycles. The average molecular weight is 190 g/mol. The molecular formula is C13H18O. The predicted molar refractivity (Wildman–Crippen MR) is 58.3 cm³/mol. The topological polar surface area (TPSA) is 9.23 Å². The van der Waals surface area contributed by atoms with E-state index in [2.05, 4.69) is 38.1 Å². The SMILES string of the molecule is CC(C)c1cccc(COC2CC2)c1. The summed E-state index contributed by atoms with van der Waals surface area (Å²) in [6.07, 6.45) is 3.06. The Balaban J connectivity index is 1.97. The average Bonchev–Trinajstić information content (AvgIpc) is 2.99. The Morgan fingerprint density at radius 1 is 1.36 bits per heavy atom. The predicted octanol–water partition coefficient (Wildman–Crippen LogP) is 3.49. The van der Waals surface area contributed by atoms with Crippen molar-refractivity contribution in [3.63, 3.8) is 0 Å². The molecule has 0 amide bonds. The van der Waals surface area contributed by atoms with Crippen molar-refractivity contribution in [1.29, 1.82) is 0 Å². The molecule has 76 valence electrons. The summed E-state index contributed by atoms with van der Waals surface area (Å²) in [7, 11) is 0. The van der Waals surface area contributed by atoms with E-state index >= 15 is 0 Å². The number of hydrogen-bond donors (Lipinski definition) is 0. The number of hydrogen-bond acceptors (Lipinski definition) is 1. The second-order valence-corrected chi connectivity index (χ2v) is 4.41. The van der Waals surface area contributed by atoms with Crippen LogP contribution in [0.1, 0.15) is 43.7 Å². The van der Waals surface area contributed by atoms with Gasteiger partial charge in [-0.15, -0.1) is 0 Å². The summed E-state index contributed by atoms with van der Waals surface area (Å²) in [5, 5.41) is 0. The van der Waals surface area contributed by atoms with E-state index in [1.165, 1.54) is 24.0 Å². The van der Waals surface area contributed by atoms with Crippen LogP contribution in [0, 0.1) is 0 Å². The van der Waals surface area contributed by atoms with E-state index in [4.69, 9.17) is 4.74 Å².